The lowest BCUT2D eigenvalue weighted by Gasteiger charge is -2.05. The van der Waals surface area contributed by atoms with E-state index in [0.29, 0.717) is 0 Å². The Morgan fingerprint density at radius 2 is 2.13 bits per heavy atom. The maximum Gasteiger partial charge on any atom is 0.310 e. The minimum absolute atomic E-state index is 0.0426. The third-order valence-corrected chi connectivity index (χ3v) is 3.60. The number of amides is 1. The predicted octanol–water partition coefficient (Wildman–Crippen LogP) is 2.17. The van der Waals surface area contributed by atoms with Gasteiger partial charge in [-0.1, -0.05) is 12.1 Å². The number of nitriles is 1. The summed E-state index contributed by atoms with van der Waals surface area (Å²) in [6.07, 6.45) is 1.81. The van der Waals surface area contributed by atoms with Crippen molar-refractivity contribution in [1.29, 1.82) is 5.26 Å². The molecule has 0 unspecified atom stereocenters. The van der Waals surface area contributed by atoms with E-state index in [2.05, 4.69) is 5.32 Å². The molecule has 0 spiro atoms. The molecule has 1 heterocycles. The van der Waals surface area contributed by atoms with Crippen molar-refractivity contribution in [3.63, 3.8) is 0 Å². The van der Waals surface area contributed by atoms with Crippen LogP contribution >= 0.6 is 0 Å². The van der Waals surface area contributed by atoms with E-state index >= 15 is 0 Å². The van der Waals surface area contributed by atoms with Crippen LogP contribution in [-0.2, 0) is 20.7 Å². The van der Waals surface area contributed by atoms with Gasteiger partial charge in [0.2, 0.25) is 0 Å². The molecule has 2 rings (SSSR count). The SMILES string of the molecule is Cc1ccc2c(CC(=O)OCC(=O)NCCC#N)coc2c1C. The third-order valence-electron chi connectivity index (χ3n) is 3.60. The molecule has 0 aliphatic carbocycles. The Labute approximate surface area is 134 Å². The highest BCUT2D eigenvalue weighted by atomic mass is 16.5. The Morgan fingerprint density at radius 1 is 1.35 bits per heavy atom. The summed E-state index contributed by atoms with van der Waals surface area (Å²) < 4.78 is 10.5. The number of hydrogen-bond acceptors (Lipinski definition) is 5. The topological polar surface area (TPSA) is 92.3 Å². The van der Waals surface area contributed by atoms with Gasteiger partial charge in [-0.3, -0.25) is 9.59 Å². The Morgan fingerprint density at radius 3 is 2.87 bits per heavy atom. The van der Waals surface area contributed by atoms with Crippen LogP contribution in [0.1, 0.15) is 23.1 Å². The van der Waals surface area contributed by atoms with Crippen LogP contribution in [0.25, 0.3) is 11.0 Å². The van der Waals surface area contributed by atoms with Crippen LogP contribution in [0.4, 0.5) is 0 Å². The second-order valence-electron chi connectivity index (χ2n) is 5.24. The molecule has 23 heavy (non-hydrogen) atoms. The van der Waals surface area contributed by atoms with Crippen molar-refractivity contribution in [3.05, 3.63) is 35.1 Å². The lowest BCUT2D eigenvalue weighted by molar-refractivity contribution is -0.147. The summed E-state index contributed by atoms with van der Waals surface area (Å²) in [5.41, 5.74) is 3.66. The molecule has 0 saturated heterocycles. The van der Waals surface area contributed by atoms with Crippen molar-refractivity contribution in [2.24, 2.45) is 0 Å². The summed E-state index contributed by atoms with van der Waals surface area (Å²) in [6.45, 7) is 3.86. The second kappa shape index (κ2) is 7.45. The summed E-state index contributed by atoms with van der Waals surface area (Å²) in [7, 11) is 0. The zero-order chi connectivity index (χ0) is 16.8. The van der Waals surface area contributed by atoms with E-state index in [4.69, 9.17) is 14.4 Å². The molecule has 1 aromatic carbocycles. The van der Waals surface area contributed by atoms with Crippen molar-refractivity contribution in [2.45, 2.75) is 26.7 Å². The number of furan rings is 1. The predicted molar refractivity (Wildman–Crippen MR) is 83.6 cm³/mol. The van der Waals surface area contributed by atoms with Gasteiger partial charge in [-0.05, 0) is 25.0 Å². The van der Waals surface area contributed by atoms with Gasteiger partial charge in [-0.25, -0.2) is 0 Å². The number of rotatable bonds is 6. The van der Waals surface area contributed by atoms with Gasteiger partial charge in [0.25, 0.3) is 5.91 Å². The third kappa shape index (κ3) is 4.10. The molecule has 1 N–H and O–H groups in total. The second-order valence-corrected chi connectivity index (χ2v) is 5.24. The highest BCUT2D eigenvalue weighted by Crippen LogP contribution is 2.26. The number of aryl methyl sites for hydroxylation is 2. The molecule has 0 atom stereocenters. The zero-order valence-electron chi connectivity index (χ0n) is 13.1. The van der Waals surface area contributed by atoms with Gasteiger partial charge in [0.15, 0.2) is 6.61 Å². The minimum atomic E-state index is -0.499. The summed E-state index contributed by atoms with van der Waals surface area (Å²) in [5.74, 6) is -0.918. The molecule has 0 radical (unpaired) electrons. The molecular weight excluding hydrogens is 296 g/mol. The van der Waals surface area contributed by atoms with E-state index in [1.165, 1.54) is 0 Å². The molecule has 0 saturated carbocycles. The largest absolute Gasteiger partial charge is 0.464 e. The molecule has 0 aliphatic heterocycles. The van der Waals surface area contributed by atoms with E-state index in [1.54, 1.807) is 6.26 Å². The molecule has 1 aromatic heterocycles. The van der Waals surface area contributed by atoms with Gasteiger partial charge in [-0.2, -0.15) is 5.26 Å². The van der Waals surface area contributed by atoms with Crippen LogP contribution < -0.4 is 5.32 Å². The number of benzene rings is 1. The summed E-state index contributed by atoms with van der Waals surface area (Å²) in [4.78, 5) is 23.2. The van der Waals surface area contributed by atoms with E-state index in [0.717, 1.165) is 27.7 Å². The average molecular weight is 314 g/mol. The number of esters is 1. The molecule has 0 fully saturated rings. The van der Waals surface area contributed by atoms with Crippen LogP contribution in [0.15, 0.2) is 22.8 Å². The van der Waals surface area contributed by atoms with Crippen molar-refractivity contribution >= 4 is 22.8 Å². The van der Waals surface area contributed by atoms with Gasteiger partial charge in [-0.15, -0.1) is 0 Å². The maximum atomic E-state index is 11.8. The number of fused-ring (bicyclic) bond motifs is 1. The number of carbonyl (C=O) groups excluding carboxylic acids is 2. The van der Waals surface area contributed by atoms with Crippen LogP contribution in [0.2, 0.25) is 0 Å². The van der Waals surface area contributed by atoms with Crippen molar-refractivity contribution in [1.82, 2.24) is 5.32 Å². The van der Waals surface area contributed by atoms with Gasteiger partial charge in [0.05, 0.1) is 25.2 Å². The molecule has 6 heteroatoms. The molecule has 0 bridgehead atoms. The Balaban J connectivity index is 1.92. The first-order valence-corrected chi connectivity index (χ1v) is 7.28. The van der Waals surface area contributed by atoms with Crippen molar-refractivity contribution in [3.8, 4) is 6.07 Å². The fourth-order valence-corrected chi connectivity index (χ4v) is 2.19. The van der Waals surface area contributed by atoms with E-state index in [1.807, 2.05) is 32.0 Å². The van der Waals surface area contributed by atoms with E-state index in [9.17, 15) is 9.59 Å². The maximum absolute atomic E-state index is 11.8. The average Bonchev–Trinajstić information content (AvgIpc) is 2.93. The molecule has 6 nitrogen and oxygen atoms in total. The Bertz CT molecular complexity index is 771. The first-order valence-electron chi connectivity index (χ1n) is 7.28. The molecular formula is C17H18N2O4. The normalized spacial score (nSPS) is 10.3. The van der Waals surface area contributed by atoms with Crippen LogP contribution in [0.3, 0.4) is 0 Å². The number of hydrogen-bond donors (Lipinski definition) is 1. The van der Waals surface area contributed by atoms with Gasteiger partial charge >= 0.3 is 5.97 Å². The van der Waals surface area contributed by atoms with Crippen molar-refractivity contribution in [2.75, 3.05) is 13.2 Å². The molecule has 0 aliphatic rings. The first kappa shape index (κ1) is 16.6. The Kier molecular flexibility index (Phi) is 5.36. The summed E-state index contributed by atoms with van der Waals surface area (Å²) >= 11 is 0. The minimum Gasteiger partial charge on any atom is -0.464 e. The summed E-state index contributed by atoms with van der Waals surface area (Å²) in [6, 6.07) is 5.80. The standard InChI is InChI=1S/C17H18N2O4/c1-11-4-5-14-13(9-23-17(14)12(11)2)8-16(21)22-10-15(20)19-7-3-6-18/h4-5,9H,3,7-8,10H2,1-2H3,(H,19,20). The highest BCUT2D eigenvalue weighted by Gasteiger charge is 2.14. The van der Waals surface area contributed by atoms with Crippen LogP contribution in [0.5, 0.6) is 0 Å². The molecule has 2 aromatic rings. The van der Waals surface area contributed by atoms with Crippen LogP contribution in [0, 0.1) is 25.2 Å². The van der Waals surface area contributed by atoms with E-state index in [-0.39, 0.29) is 26.0 Å². The molecule has 1 amide bonds. The fraction of sp³-hybridized carbons (Fsp3) is 0.353. The molecule has 120 valence electrons. The highest BCUT2D eigenvalue weighted by molar-refractivity contribution is 5.89. The number of ether oxygens (including phenoxy) is 1. The smallest absolute Gasteiger partial charge is 0.310 e. The van der Waals surface area contributed by atoms with Crippen LogP contribution in [-0.4, -0.2) is 25.0 Å². The zero-order valence-corrected chi connectivity index (χ0v) is 13.1. The lowest BCUT2D eigenvalue weighted by Crippen LogP contribution is -2.29. The quantitative estimate of drug-likeness (QED) is 0.651. The lowest BCUT2D eigenvalue weighted by atomic mass is 10.0. The fourth-order valence-electron chi connectivity index (χ4n) is 2.19. The Hall–Kier alpha value is -2.81. The number of nitrogens with zero attached hydrogens (tertiary/aromatic N) is 1. The van der Waals surface area contributed by atoms with Gasteiger partial charge in [0.1, 0.15) is 5.58 Å². The van der Waals surface area contributed by atoms with E-state index < -0.39 is 11.9 Å². The van der Waals surface area contributed by atoms with Crippen molar-refractivity contribution < 1.29 is 18.7 Å². The first-order chi connectivity index (χ1) is 11.0. The van der Waals surface area contributed by atoms with Gasteiger partial charge in [0, 0.05) is 17.5 Å². The van der Waals surface area contributed by atoms with Gasteiger partial charge < -0.3 is 14.5 Å². The summed E-state index contributed by atoms with van der Waals surface area (Å²) in [5, 5.41) is 11.7. The number of nitrogens with one attached hydrogen (secondary N) is 1. The monoisotopic (exact) mass is 314 g/mol. The number of carbonyl (C=O) groups is 2.